The van der Waals surface area contributed by atoms with Crippen molar-refractivity contribution in [1.29, 1.82) is 0 Å². The fourth-order valence-electron chi connectivity index (χ4n) is 1.10. The Bertz CT molecular complexity index is 136. The Labute approximate surface area is 73.3 Å². The Kier molecular flexibility index (Phi) is 5.51. The lowest BCUT2D eigenvalue weighted by molar-refractivity contribution is 0.123. The first kappa shape index (κ1) is 10.9. The molecule has 0 spiro atoms. The summed E-state index contributed by atoms with van der Waals surface area (Å²) in [5, 5.41) is 1.52. The van der Waals surface area contributed by atoms with Crippen LogP contribution in [0.5, 0.6) is 0 Å². The molecule has 0 aromatic heterocycles. The highest BCUT2D eigenvalue weighted by atomic mass is 28.1. The van der Waals surface area contributed by atoms with Crippen LogP contribution in [0.25, 0.3) is 0 Å². The van der Waals surface area contributed by atoms with Crippen LogP contribution in [0, 0.1) is 0 Å². The number of hydrogen-bond donors (Lipinski definition) is 0. The molecule has 2 heteroatoms. The van der Waals surface area contributed by atoms with Gasteiger partial charge in [-0.2, -0.15) is 0 Å². The maximum Gasteiger partial charge on any atom is 0.0776 e. The zero-order chi connectivity index (χ0) is 8.85. The van der Waals surface area contributed by atoms with Crippen molar-refractivity contribution in [2.75, 3.05) is 7.11 Å². The molecule has 1 atom stereocenters. The number of hydrogen-bond acceptors (Lipinski definition) is 1. The zero-order valence-corrected chi connectivity index (χ0v) is 10.4. The Morgan fingerprint density at radius 3 is 2.27 bits per heavy atom. The second kappa shape index (κ2) is 5.55. The van der Waals surface area contributed by atoms with Gasteiger partial charge in [0.15, 0.2) is 0 Å². The largest absolute Gasteiger partial charge is 0.377 e. The molecule has 66 valence electrons. The van der Waals surface area contributed by atoms with E-state index in [4.69, 9.17) is 4.74 Å². The van der Waals surface area contributed by atoms with Crippen molar-refractivity contribution in [3.63, 3.8) is 0 Å². The maximum atomic E-state index is 5.38. The van der Waals surface area contributed by atoms with Crippen molar-refractivity contribution in [3.05, 3.63) is 10.8 Å². The minimum Gasteiger partial charge on any atom is -0.377 e. The maximum absolute atomic E-state index is 5.38. The van der Waals surface area contributed by atoms with E-state index in [9.17, 15) is 0 Å². The van der Waals surface area contributed by atoms with Crippen molar-refractivity contribution in [2.45, 2.75) is 39.7 Å². The molecule has 0 heterocycles. The monoisotopic (exact) mass is 172 g/mol. The molecule has 0 aromatic carbocycles. The van der Waals surface area contributed by atoms with Crippen LogP contribution in [-0.2, 0) is 4.74 Å². The van der Waals surface area contributed by atoms with E-state index >= 15 is 0 Å². The molecule has 0 amide bonds. The summed E-state index contributed by atoms with van der Waals surface area (Å²) in [6.07, 6.45) is 2.73. The summed E-state index contributed by atoms with van der Waals surface area (Å²) in [6, 6.07) is 0. The van der Waals surface area contributed by atoms with E-state index in [-0.39, 0.29) is 0 Å². The second-order valence-corrected chi connectivity index (χ2v) is 4.70. The molecule has 1 nitrogen and oxygen atoms in total. The van der Waals surface area contributed by atoms with E-state index in [1.54, 1.807) is 7.11 Å². The molecule has 0 aromatic rings. The van der Waals surface area contributed by atoms with E-state index in [0.29, 0.717) is 6.10 Å². The Morgan fingerprint density at radius 1 is 1.45 bits per heavy atom. The molecular formula is C9H20OSi. The van der Waals surface area contributed by atoms with Gasteiger partial charge in [-0.3, -0.25) is 0 Å². The van der Waals surface area contributed by atoms with Crippen LogP contribution >= 0.6 is 0 Å². The summed E-state index contributed by atoms with van der Waals surface area (Å²) in [5.74, 6) is 0. The quantitative estimate of drug-likeness (QED) is 0.583. The van der Waals surface area contributed by atoms with Crippen molar-refractivity contribution in [1.82, 2.24) is 0 Å². The van der Waals surface area contributed by atoms with Gasteiger partial charge in [-0.15, -0.1) is 0 Å². The fourth-order valence-corrected chi connectivity index (χ4v) is 1.42. The van der Waals surface area contributed by atoms with Crippen molar-refractivity contribution < 1.29 is 4.74 Å². The van der Waals surface area contributed by atoms with Gasteiger partial charge in [0.05, 0.1) is 6.10 Å². The first-order valence-corrected chi connectivity index (χ1v) is 5.30. The average molecular weight is 172 g/mol. The SMILES string of the molecule is CCCC(OC)C(C)=C(C)[SiH3]. The van der Waals surface area contributed by atoms with Crippen LogP contribution < -0.4 is 0 Å². The highest BCUT2D eigenvalue weighted by Gasteiger charge is 2.08. The number of methoxy groups -OCH3 is 1. The topological polar surface area (TPSA) is 9.23 Å². The predicted molar refractivity (Wildman–Crippen MR) is 54.0 cm³/mol. The molecule has 0 aliphatic carbocycles. The molecule has 11 heavy (non-hydrogen) atoms. The summed E-state index contributed by atoms with van der Waals surface area (Å²) in [5.41, 5.74) is 1.45. The smallest absolute Gasteiger partial charge is 0.0776 e. The van der Waals surface area contributed by atoms with E-state index in [2.05, 4.69) is 20.8 Å². The number of ether oxygens (including phenoxy) is 1. The molecule has 0 fully saturated rings. The minimum atomic E-state index is 0.373. The zero-order valence-electron chi connectivity index (χ0n) is 8.40. The van der Waals surface area contributed by atoms with Gasteiger partial charge in [-0.05, 0) is 20.3 Å². The van der Waals surface area contributed by atoms with Gasteiger partial charge in [0.2, 0.25) is 0 Å². The first-order chi connectivity index (χ1) is 5.13. The lowest BCUT2D eigenvalue weighted by Gasteiger charge is -2.16. The second-order valence-electron chi connectivity index (χ2n) is 3.20. The van der Waals surface area contributed by atoms with Crippen LogP contribution in [-0.4, -0.2) is 23.5 Å². The first-order valence-electron chi connectivity index (χ1n) is 4.30. The van der Waals surface area contributed by atoms with Gasteiger partial charge in [0, 0.05) is 17.4 Å². The van der Waals surface area contributed by atoms with Crippen LogP contribution in [0.3, 0.4) is 0 Å². The standard InChI is InChI=1S/C9H20OSi/c1-5-6-9(10-4)7(2)8(3)11/h9H,5-6H2,1-4,11H3. The summed E-state index contributed by atoms with van der Waals surface area (Å²) in [4.78, 5) is 0. The van der Waals surface area contributed by atoms with E-state index < -0.39 is 0 Å². The molecule has 0 bridgehead atoms. The summed E-state index contributed by atoms with van der Waals surface area (Å²) >= 11 is 0. The van der Waals surface area contributed by atoms with Crippen molar-refractivity contribution >= 4 is 10.2 Å². The molecule has 0 radical (unpaired) electrons. The summed E-state index contributed by atoms with van der Waals surface area (Å²) in [7, 11) is 2.96. The van der Waals surface area contributed by atoms with Gasteiger partial charge in [0.25, 0.3) is 0 Å². The van der Waals surface area contributed by atoms with Crippen LogP contribution in [0.1, 0.15) is 33.6 Å². The van der Waals surface area contributed by atoms with E-state index in [1.807, 2.05) is 0 Å². The lowest BCUT2D eigenvalue weighted by Crippen LogP contribution is -2.13. The summed E-state index contributed by atoms with van der Waals surface area (Å²) < 4.78 is 5.38. The van der Waals surface area contributed by atoms with Gasteiger partial charge in [-0.1, -0.05) is 24.1 Å². The third-order valence-electron chi connectivity index (χ3n) is 2.11. The van der Waals surface area contributed by atoms with Gasteiger partial charge in [-0.25, -0.2) is 0 Å². The molecule has 0 N–H and O–H groups in total. The van der Waals surface area contributed by atoms with Gasteiger partial charge >= 0.3 is 0 Å². The highest BCUT2D eigenvalue weighted by Crippen LogP contribution is 2.13. The predicted octanol–water partition coefficient (Wildman–Crippen LogP) is 1.46. The number of allylic oxidation sites excluding steroid dienone is 1. The Balaban J connectivity index is 4.14. The Morgan fingerprint density at radius 2 is 2.00 bits per heavy atom. The Hall–Kier alpha value is -0.0831. The molecule has 0 rings (SSSR count). The van der Waals surface area contributed by atoms with Gasteiger partial charge < -0.3 is 4.74 Å². The third kappa shape index (κ3) is 3.73. The molecule has 0 saturated carbocycles. The van der Waals surface area contributed by atoms with E-state index in [0.717, 1.165) is 16.7 Å². The fraction of sp³-hybridized carbons (Fsp3) is 0.778. The normalized spacial score (nSPS) is 16.4. The molecule has 1 unspecified atom stereocenters. The molecule has 0 aliphatic rings. The van der Waals surface area contributed by atoms with Crippen molar-refractivity contribution in [3.8, 4) is 0 Å². The third-order valence-corrected chi connectivity index (χ3v) is 2.90. The average Bonchev–Trinajstić information content (AvgIpc) is 1.98. The molecule has 0 saturated heterocycles. The molecule has 0 aliphatic heterocycles. The number of rotatable bonds is 4. The van der Waals surface area contributed by atoms with Crippen molar-refractivity contribution in [2.24, 2.45) is 0 Å². The van der Waals surface area contributed by atoms with Crippen LogP contribution in [0.4, 0.5) is 0 Å². The summed E-state index contributed by atoms with van der Waals surface area (Å²) in [6.45, 7) is 6.58. The van der Waals surface area contributed by atoms with Crippen LogP contribution in [0.2, 0.25) is 0 Å². The van der Waals surface area contributed by atoms with Crippen LogP contribution in [0.15, 0.2) is 10.8 Å². The lowest BCUT2D eigenvalue weighted by atomic mass is 10.1. The minimum absolute atomic E-state index is 0.373. The molecular weight excluding hydrogens is 152 g/mol. The van der Waals surface area contributed by atoms with Gasteiger partial charge in [0.1, 0.15) is 0 Å². The van der Waals surface area contributed by atoms with E-state index in [1.165, 1.54) is 17.2 Å². The highest BCUT2D eigenvalue weighted by molar-refractivity contribution is 6.21.